The summed E-state index contributed by atoms with van der Waals surface area (Å²) < 4.78 is -1.27. The number of hydrogen-bond acceptors (Lipinski definition) is 1. The standard InChI is InChI=1S/C8H9Cl2N/c1-6-3-2-4-7(5-6)8(9,10)11/h2-5H,11H2,1H3. The van der Waals surface area contributed by atoms with E-state index >= 15 is 0 Å². The monoisotopic (exact) mass is 189 g/mol. The van der Waals surface area contributed by atoms with Crippen molar-refractivity contribution in [2.75, 3.05) is 0 Å². The number of halogens is 2. The van der Waals surface area contributed by atoms with Crippen molar-refractivity contribution in [2.45, 2.75) is 11.4 Å². The van der Waals surface area contributed by atoms with Crippen LogP contribution in [0.15, 0.2) is 24.3 Å². The second-order valence-corrected chi connectivity index (χ2v) is 3.88. The molecule has 1 aromatic carbocycles. The van der Waals surface area contributed by atoms with Crippen molar-refractivity contribution in [2.24, 2.45) is 5.73 Å². The molecule has 0 aliphatic rings. The van der Waals surface area contributed by atoms with Crippen molar-refractivity contribution >= 4 is 23.2 Å². The fourth-order valence-corrected chi connectivity index (χ4v) is 1.09. The highest BCUT2D eigenvalue weighted by molar-refractivity contribution is 6.47. The van der Waals surface area contributed by atoms with Gasteiger partial charge in [0.1, 0.15) is 0 Å². The highest BCUT2D eigenvalue weighted by Crippen LogP contribution is 2.27. The van der Waals surface area contributed by atoms with Crippen LogP contribution in [-0.2, 0) is 4.46 Å². The SMILES string of the molecule is Cc1cccc(C(N)(Cl)Cl)c1. The molecule has 0 aromatic heterocycles. The van der Waals surface area contributed by atoms with Gasteiger partial charge in [0.05, 0.1) is 0 Å². The summed E-state index contributed by atoms with van der Waals surface area (Å²) in [4.78, 5) is 0. The van der Waals surface area contributed by atoms with Crippen LogP contribution in [0.2, 0.25) is 0 Å². The quantitative estimate of drug-likeness (QED) is 0.534. The third-order valence-electron chi connectivity index (χ3n) is 1.40. The molecule has 0 aliphatic carbocycles. The minimum absolute atomic E-state index is 0.723. The molecule has 1 nitrogen and oxygen atoms in total. The number of benzene rings is 1. The molecule has 0 heterocycles. The van der Waals surface area contributed by atoms with E-state index in [1.807, 2.05) is 25.1 Å². The third-order valence-corrected chi connectivity index (χ3v) is 1.84. The maximum Gasteiger partial charge on any atom is 0.192 e. The molecule has 0 amide bonds. The molecule has 0 radical (unpaired) electrons. The van der Waals surface area contributed by atoms with Gasteiger partial charge in [-0.25, -0.2) is 0 Å². The van der Waals surface area contributed by atoms with Gasteiger partial charge in [-0.15, -0.1) is 0 Å². The summed E-state index contributed by atoms with van der Waals surface area (Å²) in [6.07, 6.45) is 0. The van der Waals surface area contributed by atoms with Crippen LogP contribution in [0.4, 0.5) is 0 Å². The lowest BCUT2D eigenvalue weighted by atomic mass is 10.1. The molecule has 3 heteroatoms. The number of hydrogen-bond donors (Lipinski definition) is 1. The van der Waals surface area contributed by atoms with E-state index in [2.05, 4.69) is 0 Å². The molecule has 0 saturated carbocycles. The van der Waals surface area contributed by atoms with Gasteiger partial charge in [-0.1, -0.05) is 53.0 Å². The molecular formula is C8H9Cl2N. The highest BCUT2D eigenvalue weighted by atomic mass is 35.5. The zero-order valence-corrected chi connectivity index (χ0v) is 7.65. The van der Waals surface area contributed by atoms with Gasteiger partial charge >= 0.3 is 0 Å². The van der Waals surface area contributed by atoms with Crippen LogP contribution >= 0.6 is 23.2 Å². The molecule has 0 unspecified atom stereocenters. The smallest absolute Gasteiger partial charge is 0.192 e. The predicted octanol–water partition coefficient (Wildman–Crippen LogP) is 2.54. The molecule has 0 aliphatic heterocycles. The zero-order chi connectivity index (χ0) is 8.48. The molecule has 0 spiro atoms. The largest absolute Gasteiger partial charge is 0.296 e. The Balaban J connectivity index is 3.06. The Morgan fingerprint density at radius 2 is 2.00 bits per heavy atom. The predicted molar refractivity (Wildman–Crippen MR) is 48.8 cm³/mol. The fourth-order valence-electron chi connectivity index (χ4n) is 0.852. The lowest BCUT2D eigenvalue weighted by molar-refractivity contribution is 0.914. The van der Waals surface area contributed by atoms with Crippen molar-refractivity contribution in [3.05, 3.63) is 35.4 Å². The molecule has 1 rings (SSSR count). The average Bonchev–Trinajstić information content (AvgIpc) is 1.86. The zero-order valence-electron chi connectivity index (χ0n) is 6.14. The molecule has 1 aromatic rings. The van der Waals surface area contributed by atoms with E-state index in [9.17, 15) is 0 Å². The van der Waals surface area contributed by atoms with Gasteiger partial charge in [-0.3, -0.25) is 5.73 Å². The first-order valence-corrected chi connectivity index (χ1v) is 3.99. The van der Waals surface area contributed by atoms with Gasteiger partial charge < -0.3 is 0 Å². The van der Waals surface area contributed by atoms with Gasteiger partial charge in [0.25, 0.3) is 0 Å². The molecule has 0 fully saturated rings. The highest BCUT2D eigenvalue weighted by Gasteiger charge is 2.19. The molecule has 0 saturated heterocycles. The van der Waals surface area contributed by atoms with Crippen LogP contribution < -0.4 is 5.73 Å². The Bertz CT molecular complexity index is 253. The van der Waals surface area contributed by atoms with E-state index in [-0.39, 0.29) is 0 Å². The van der Waals surface area contributed by atoms with Crippen LogP contribution in [0.25, 0.3) is 0 Å². The van der Waals surface area contributed by atoms with E-state index in [1.165, 1.54) is 0 Å². The fraction of sp³-hybridized carbons (Fsp3) is 0.250. The van der Waals surface area contributed by atoms with Gasteiger partial charge in [0.15, 0.2) is 4.46 Å². The Labute approximate surface area is 76.1 Å². The Morgan fingerprint density at radius 3 is 2.36 bits per heavy atom. The Morgan fingerprint density at radius 1 is 1.36 bits per heavy atom. The topological polar surface area (TPSA) is 26.0 Å². The maximum atomic E-state index is 5.67. The minimum Gasteiger partial charge on any atom is -0.296 e. The molecule has 11 heavy (non-hydrogen) atoms. The number of aryl methyl sites for hydroxylation is 1. The first-order valence-electron chi connectivity index (χ1n) is 3.24. The summed E-state index contributed by atoms with van der Waals surface area (Å²) in [6.45, 7) is 1.96. The van der Waals surface area contributed by atoms with Crippen molar-refractivity contribution in [1.82, 2.24) is 0 Å². The van der Waals surface area contributed by atoms with Crippen LogP contribution in [0, 0.1) is 6.92 Å². The summed E-state index contributed by atoms with van der Waals surface area (Å²) in [7, 11) is 0. The molecule has 0 bridgehead atoms. The van der Waals surface area contributed by atoms with Gasteiger partial charge in [0, 0.05) is 5.56 Å². The second-order valence-electron chi connectivity index (χ2n) is 2.49. The van der Waals surface area contributed by atoms with Crippen LogP contribution in [0.3, 0.4) is 0 Å². The van der Waals surface area contributed by atoms with Gasteiger partial charge in [-0.2, -0.15) is 0 Å². The lowest BCUT2D eigenvalue weighted by Crippen LogP contribution is -2.22. The summed E-state index contributed by atoms with van der Waals surface area (Å²) in [6, 6.07) is 7.49. The molecular weight excluding hydrogens is 181 g/mol. The summed E-state index contributed by atoms with van der Waals surface area (Å²) >= 11 is 11.3. The Hall–Kier alpha value is -0.240. The van der Waals surface area contributed by atoms with Crippen LogP contribution in [0.1, 0.15) is 11.1 Å². The molecule has 60 valence electrons. The number of nitrogens with two attached hydrogens (primary N) is 1. The van der Waals surface area contributed by atoms with Crippen LogP contribution in [0.5, 0.6) is 0 Å². The van der Waals surface area contributed by atoms with E-state index in [4.69, 9.17) is 28.9 Å². The number of alkyl halides is 2. The van der Waals surface area contributed by atoms with E-state index in [1.54, 1.807) is 6.07 Å². The van der Waals surface area contributed by atoms with Crippen molar-refractivity contribution in [1.29, 1.82) is 0 Å². The summed E-state index contributed by atoms with van der Waals surface area (Å²) in [5.74, 6) is 0. The molecule has 0 atom stereocenters. The summed E-state index contributed by atoms with van der Waals surface area (Å²) in [5.41, 5.74) is 7.28. The minimum atomic E-state index is -1.27. The van der Waals surface area contributed by atoms with Gasteiger partial charge in [-0.05, 0) is 6.92 Å². The van der Waals surface area contributed by atoms with Crippen molar-refractivity contribution in [3.8, 4) is 0 Å². The first-order chi connectivity index (χ1) is 5.00. The average molecular weight is 190 g/mol. The Kier molecular flexibility index (Phi) is 2.43. The van der Waals surface area contributed by atoms with Crippen molar-refractivity contribution in [3.63, 3.8) is 0 Å². The lowest BCUT2D eigenvalue weighted by Gasteiger charge is -2.13. The van der Waals surface area contributed by atoms with Crippen LogP contribution in [-0.4, -0.2) is 0 Å². The van der Waals surface area contributed by atoms with Gasteiger partial charge in [0.2, 0.25) is 0 Å². The normalized spacial score (nSPS) is 11.6. The summed E-state index contributed by atoms with van der Waals surface area (Å²) in [5, 5.41) is 0. The molecule has 2 N–H and O–H groups in total. The van der Waals surface area contributed by atoms with Crippen molar-refractivity contribution < 1.29 is 0 Å². The first kappa shape index (κ1) is 8.85. The van der Waals surface area contributed by atoms with E-state index in [0.29, 0.717) is 0 Å². The maximum absolute atomic E-state index is 5.67. The van der Waals surface area contributed by atoms with E-state index in [0.717, 1.165) is 11.1 Å². The third kappa shape index (κ3) is 2.37. The number of rotatable bonds is 1. The van der Waals surface area contributed by atoms with E-state index < -0.39 is 4.46 Å². The second kappa shape index (κ2) is 3.02.